The number of hydrogen-bond acceptors (Lipinski definition) is 3. The molecule has 3 amide bonds. The van der Waals surface area contributed by atoms with Crippen LogP contribution >= 0.6 is 0 Å². The molecular weight excluding hydrogens is 325 g/mol. The zero-order valence-electron chi connectivity index (χ0n) is 15.0. The molecule has 1 aromatic carbocycles. The summed E-state index contributed by atoms with van der Waals surface area (Å²) < 4.78 is 18.1. The van der Waals surface area contributed by atoms with E-state index in [9.17, 15) is 14.0 Å². The average molecular weight is 351 g/mol. The second-order valence-electron chi connectivity index (χ2n) is 7.19. The van der Waals surface area contributed by atoms with E-state index in [0.717, 1.165) is 5.56 Å². The Kier molecular flexibility index (Phi) is 6.22. The molecule has 0 aromatic heterocycles. The van der Waals surface area contributed by atoms with Gasteiger partial charge >= 0.3 is 12.1 Å². The number of carbonyl (C=O) groups excluding carboxylic acids is 2. The van der Waals surface area contributed by atoms with Gasteiger partial charge in [-0.05, 0) is 51.3 Å². The van der Waals surface area contributed by atoms with E-state index in [4.69, 9.17) is 4.74 Å². The number of piperidine rings is 1. The van der Waals surface area contributed by atoms with Crippen LogP contribution in [-0.4, -0.2) is 41.8 Å². The van der Waals surface area contributed by atoms with Crippen molar-refractivity contribution in [2.24, 2.45) is 0 Å². The van der Waals surface area contributed by atoms with Gasteiger partial charge < -0.3 is 20.3 Å². The van der Waals surface area contributed by atoms with Gasteiger partial charge in [-0.15, -0.1) is 0 Å². The Morgan fingerprint density at radius 2 is 1.80 bits per heavy atom. The van der Waals surface area contributed by atoms with E-state index in [1.54, 1.807) is 17.0 Å². The van der Waals surface area contributed by atoms with Crippen LogP contribution in [0.4, 0.5) is 14.0 Å². The number of hydrogen-bond donors (Lipinski definition) is 2. The second-order valence-corrected chi connectivity index (χ2v) is 7.19. The maximum atomic E-state index is 12.9. The van der Waals surface area contributed by atoms with Crippen molar-refractivity contribution in [2.75, 3.05) is 13.1 Å². The first-order valence-electron chi connectivity index (χ1n) is 8.50. The Labute approximate surface area is 147 Å². The Morgan fingerprint density at radius 1 is 1.20 bits per heavy atom. The summed E-state index contributed by atoms with van der Waals surface area (Å²) in [5.74, 6) is -0.297. The first-order chi connectivity index (χ1) is 11.7. The number of amides is 3. The Balaban J connectivity index is 1.71. The van der Waals surface area contributed by atoms with Crippen LogP contribution in [0.2, 0.25) is 0 Å². The molecule has 1 fully saturated rings. The highest BCUT2D eigenvalue weighted by Gasteiger charge is 2.25. The van der Waals surface area contributed by atoms with E-state index in [1.165, 1.54) is 12.1 Å². The number of halogens is 1. The maximum Gasteiger partial charge on any atom is 0.407 e. The average Bonchev–Trinajstić information content (AvgIpc) is 2.53. The van der Waals surface area contributed by atoms with E-state index >= 15 is 0 Å². The van der Waals surface area contributed by atoms with Crippen LogP contribution in [0.15, 0.2) is 24.3 Å². The smallest absolute Gasteiger partial charge is 0.407 e. The first kappa shape index (κ1) is 19.0. The van der Waals surface area contributed by atoms with Crippen LogP contribution in [0.25, 0.3) is 0 Å². The highest BCUT2D eigenvalue weighted by atomic mass is 19.1. The van der Waals surface area contributed by atoms with Gasteiger partial charge in [-0.1, -0.05) is 12.1 Å². The molecule has 7 heteroatoms. The topological polar surface area (TPSA) is 70.7 Å². The Morgan fingerprint density at radius 3 is 2.36 bits per heavy atom. The van der Waals surface area contributed by atoms with Crippen molar-refractivity contribution < 1.29 is 18.7 Å². The number of likely N-dealkylation sites (tertiary alicyclic amines) is 1. The number of nitrogens with one attached hydrogen (secondary N) is 2. The molecule has 1 aromatic rings. The van der Waals surface area contributed by atoms with Crippen molar-refractivity contribution in [3.63, 3.8) is 0 Å². The second kappa shape index (κ2) is 8.18. The maximum absolute atomic E-state index is 12.9. The van der Waals surface area contributed by atoms with Crippen LogP contribution in [0.5, 0.6) is 0 Å². The SMILES string of the molecule is CC(C)(C)OC(=O)NC1CCN(C(=O)NCc2ccc(F)cc2)CC1. The van der Waals surface area contributed by atoms with Crippen molar-refractivity contribution in [1.82, 2.24) is 15.5 Å². The fraction of sp³-hybridized carbons (Fsp3) is 0.556. The number of ether oxygens (including phenoxy) is 1. The highest BCUT2D eigenvalue weighted by Crippen LogP contribution is 2.13. The third kappa shape index (κ3) is 6.60. The summed E-state index contributed by atoms with van der Waals surface area (Å²) in [6, 6.07) is 5.89. The molecule has 2 N–H and O–H groups in total. The minimum atomic E-state index is -0.523. The quantitative estimate of drug-likeness (QED) is 0.879. The number of alkyl carbamates (subject to hydrolysis) is 1. The summed E-state index contributed by atoms with van der Waals surface area (Å²) in [5.41, 5.74) is 0.321. The monoisotopic (exact) mass is 351 g/mol. The van der Waals surface area contributed by atoms with Crippen molar-refractivity contribution >= 4 is 12.1 Å². The molecule has 0 atom stereocenters. The lowest BCUT2D eigenvalue weighted by atomic mass is 10.1. The van der Waals surface area contributed by atoms with E-state index in [-0.39, 0.29) is 17.9 Å². The van der Waals surface area contributed by atoms with Gasteiger partial charge in [0.1, 0.15) is 11.4 Å². The van der Waals surface area contributed by atoms with Gasteiger partial charge in [0.05, 0.1) is 0 Å². The largest absolute Gasteiger partial charge is 0.444 e. The Bertz CT molecular complexity index is 591. The summed E-state index contributed by atoms with van der Waals surface area (Å²) in [7, 11) is 0. The number of benzene rings is 1. The van der Waals surface area contributed by atoms with Gasteiger partial charge in [0.25, 0.3) is 0 Å². The van der Waals surface area contributed by atoms with Gasteiger partial charge in [0.2, 0.25) is 0 Å². The van der Waals surface area contributed by atoms with Crippen LogP contribution < -0.4 is 10.6 Å². The van der Waals surface area contributed by atoms with Gasteiger partial charge in [-0.2, -0.15) is 0 Å². The summed E-state index contributed by atoms with van der Waals surface area (Å²) in [6.07, 6.45) is 0.943. The summed E-state index contributed by atoms with van der Waals surface area (Å²) >= 11 is 0. The van der Waals surface area contributed by atoms with Gasteiger partial charge in [0, 0.05) is 25.7 Å². The third-order valence-electron chi connectivity index (χ3n) is 3.86. The first-order valence-corrected chi connectivity index (χ1v) is 8.50. The molecule has 1 aliphatic rings. The fourth-order valence-electron chi connectivity index (χ4n) is 2.59. The van der Waals surface area contributed by atoms with Crippen LogP contribution in [0.3, 0.4) is 0 Å². The van der Waals surface area contributed by atoms with E-state index in [0.29, 0.717) is 32.5 Å². The van der Waals surface area contributed by atoms with Crippen molar-refractivity contribution in [3.8, 4) is 0 Å². The number of carbonyl (C=O) groups is 2. The molecule has 0 radical (unpaired) electrons. The van der Waals surface area contributed by atoms with Crippen LogP contribution in [0.1, 0.15) is 39.2 Å². The lowest BCUT2D eigenvalue weighted by Crippen LogP contribution is -2.50. The van der Waals surface area contributed by atoms with Crippen LogP contribution in [-0.2, 0) is 11.3 Å². The third-order valence-corrected chi connectivity index (χ3v) is 3.86. The van der Waals surface area contributed by atoms with E-state index in [2.05, 4.69) is 10.6 Å². The normalized spacial score (nSPS) is 15.6. The molecule has 1 saturated heterocycles. The molecule has 0 spiro atoms. The molecular formula is C18H26FN3O3. The van der Waals surface area contributed by atoms with Crippen molar-refractivity contribution in [2.45, 2.75) is 51.8 Å². The summed E-state index contributed by atoms with van der Waals surface area (Å²) in [4.78, 5) is 25.7. The molecule has 0 bridgehead atoms. The molecule has 2 rings (SSSR count). The predicted molar refractivity (Wildman–Crippen MR) is 92.6 cm³/mol. The number of nitrogens with zero attached hydrogens (tertiary/aromatic N) is 1. The fourth-order valence-corrected chi connectivity index (χ4v) is 2.59. The number of urea groups is 1. The minimum Gasteiger partial charge on any atom is -0.444 e. The molecule has 0 unspecified atom stereocenters. The lowest BCUT2D eigenvalue weighted by molar-refractivity contribution is 0.0485. The molecule has 25 heavy (non-hydrogen) atoms. The van der Waals surface area contributed by atoms with Gasteiger partial charge in [-0.25, -0.2) is 14.0 Å². The molecule has 1 aliphatic heterocycles. The van der Waals surface area contributed by atoms with Crippen molar-refractivity contribution in [1.29, 1.82) is 0 Å². The van der Waals surface area contributed by atoms with Crippen LogP contribution in [0, 0.1) is 5.82 Å². The highest BCUT2D eigenvalue weighted by molar-refractivity contribution is 5.74. The molecule has 138 valence electrons. The standard InChI is InChI=1S/C18H26FN3O3/c1-18(2,3)25-17(24)21-15-8-10-22(11-9-15)16(23)20-12-13-4-6-14(19)7-5-13/h4-7,15H,8-12H2,1-3H3,(H,20,23)(H,21,24). The summed E-state index contributed by atoms with van der Waals surface area (Å²) in [6.45, 7) is 6.95. The molecule has 0 aliphatic carbocycles. The molecule has 0 saturated carbocycles. The van der Waals surface area contributed by atoms with E-state index < -0.39 is 11.7 Å². The van der Waals surface area contributed by atoms with E-state index in [1.807, 2.05) is 20.8 Å². The minimum absolute atomic E-state index is 0.0102. The molecule has 1 heterocycles. The van der Waals surface area contributed by atoms with Gasteiger partial charge in [-0.3, -0.25) is 0 Å². The zero-order chi connectivity index (χ0) is 18.4. The molecule has 6 nitrogen and oxygen atoms in total. The van der Waals surface area contributed by atoms with Crippen molar-refractivity contribution in [3.05, 3.63) is 35.6 Å². The number of rotatable bonds is 3. The Hall–Kier alpha value is -2.31. The zero-order valence-corrected chi connectivity index (χ0v) is 15.0. The summed E-state index contributed by atoms with van der Waals surface area (Å²) in [5, 5.41) is 5.67. The predicted octanol–water partition coefficient (Wildman–Crippen LogP) is 3.02. The lowest BCUT2D eigenvalue weighted by Gasteiger charge is -2.32. The van der Waals surface area contributed by atoms with Gasteiger partial charge in [0.15, 0.2) is 0 Å².